The average Bonchev–Trinajstić information content (AvgIpc) is 2.17. The van der Waals surface area contributed by atoms with Crippen LogP contribution in [0.4, 0.5) is 18.9 Å². The SMILES string of the molecule is CC(Nc1ccccc1C#N)C(F)(F)F. The van der Waals surface area contributed by atoms with Gasteiger partial charge in [-0.2, -0.15) is 18.4 Å². The number of alkyl halides is 3. The summed E-state index contributed by atoms with van der Waals surface area (Å²) in [6.07, 6.45) is -4.32. The first kappa shape index (κ1) is 11.4. The predicted molar refractivity (Wildman–Crippen MR) is 50.3 cm³/mol. The molecular weight excluding hydrogens is 205 g/mol. The second-order valence-electron chi connectivity index (χ2n) is 3.07. The standard InChI is InChI=1S/C10H9F3N2/c1-7(10(11,12)13)15-9-5-3-2-4-8(9)6-14/h2-5,7,15H,1H3. The molecule has 0 saturated heterocycles. The van der Waals surface area contributed by atoms with Gasteiger partial charge in [-0.1, -0.05) is 12.1 Å². The minimum Gasteiger partial charge on any atom is -0.373 e. The highest BCUT2D eigenvalue weighted by Gasteiger charge is 2.36. The van der Waals surface area contributed by atoms with E-state index in [9.17, 15) is 13.2 Å². The summed E-state index contributed by atoms with van der Waals surface area (Å²) in [6, 6.07) is 6.23. The zero-order valence-electron chi connectivity index (χ0n) is 7.97. The number of nitriles is 1. The molecule has 0 amide bonds. The van der Waals surface area contributed by atoms with Crippen molar-refractivity contribution in [3.63, 3.8) is 0 Å². The van der Waals surface area contributed by atoms with Crippen LogP contribution in [0.25, 0.3) is 0 Å². The zero-order chi connectivity index (χ0) is 11.5. The lowest BCUT2D eigenvalue weighted by molar-refractivity contribution is -0.138. The molecule has 0 fully saturated rings. The first-order valence-electron chi connectivity index (χ1n) is 4.27. The van der Waals surface area contributed by atoms with Crippen LogP contribution in [0.5, 0.6) is 0 Å². The normalized spacial score (nSPS) is 13.0. The Balaban J connectivity index is 2.86. The van der Waals surface area contributed by atoms with E-state index in [4.69, 9.17) is 5.26 Å². The number of rotatable bonds is 2. The molecule has 15 heavy (non-hydrogen) atoms. The maximum Gasteiger partial charge on any atom is 0.408 e. The number of anilines is 1. The summed E-state index contributed by atoms with van der Waals surface area (Å²) in [4.78, 5) is 0. The molecule has 0 heterocycles. The second kappa shape index (κ2) is 4.22. The molecule has 0 saturated carbocycles. The molecule has 0 aromatic heterocycles. The third-order valence-corrected chi connectivity index (χ3v) is 1.91. The van der Waals surface area contributed by atoms with E-state index in [1.165, 1.54) is 12.1 Å². The number of halogens is 3. The van der Waals surface area contributed by atoms with Gasteiger partial charge >= 0.3 is 6.18 Å². The zero-order valence-corrected chi connectivity index (χ0v) is 7.97. The minimum absolute atomic E-state index is 0.199. The van der Waals surface area contributed by atoms with E-state index < -0.39 is 12.2 Å². The molecule has 80 valence electrons. The topological polar surface area (TPSA) is 35.8 Å². The van der Waals surface area contributed by atoms with Crippen LogP contribution in [0.1, 0.15) is 12.5 Å². The minimum atomic E-state index is -4.32. The Morgan fingerprint density at radius 3 is 2.47 bits per heavy atom. The molecular formula is C10H9F3N2. The Kier molecular flexibility index (Phi) is 3.20. The fourth-order valence-electron chi connectivity index (χ4n) is 1.02. The molecule has 1 aromatic rings. The van der Waals surface area contributed by atoms with E-state index >= 15 is 0 Å². The summed E-state index contributed by atoms with van der Waals surface area (Å²) in [5.41, 5.74) is 0.401. The van der Waals surface area contributed by atoms with Gasteiger partial charge in [0.05, 0.1) is 11.3 Å². The molecule has 1 atom stereocenters. The highest BCUT2D eigenvalue weighted by molar-refractivity contribution is 5.57. The number of nitrogens with one attached hydrogen (secondary N) is 1. The third-order valence-electron chi connectivity index (χ3n) is 1.91. The summed E-state index contributed by atoms with van der Waals surface area (Å²) in [5.74, 6) is 0. The fourth-order valence-corrected chi connectivity index (χ4v) is 1.02. The van der Waals surface area contributed by atoms with Crippen molar-refractivity contribution in [2.24, 2.45) is 0 Å². The molecule has 5 heteroatoms. The first-order valence-corrected chi connectivity index (χ1v) is 4.27. The van der Waals surface area contributed by atoms with Gasteiger partial charge in [0.2, 0.25) is 0 Å². The lowest BCUT2D eigenvalue weighted by Crippen LogP contribution is -2.33. The van der Waals surface area contributed by atoms with E-state index in [2.05, 4.69) is 5.32 Å². The van der Waals surface area contributed by atoms with Crippen LogP contribution in [0.15, 0.2) is 24.3 Å². The quantitative estimate of drug-likeness (QED) is 0.821. The highest BCUT2D eigenvalue weighted by Crippen LogP contribution is 2.24. The molecule has 0 aliphatic heterocycles. The molecule has 2 nitrogen and oxygen atoms in total. The van der Waals surface area contributed by atoms with Gasteiger partial charge in [-0.15, -0.1) is 0 Å². The van der Waals surface area contributed by atoms with Crippen molar-refractivity contribution in [3.05, 3.63) is 29.8 Å². The fraction of sp³-hybridized carbons (Fsp3) is 0.300. The lowest BCUT2D eigenvalue weighted by Gasteiger charge is -2.18. The summed E-state index contributed by atoms with van der Waals surface area (Å²) in [6.45, 7) is 1.01. The smallest absolute Gasteiger partial charge is 0.373 e. The van der Waals surface area contributed by atoms with Gasteiger partial charge in [-0.3, -0.25) is 0 Å². The van der Waals surface area contributed by atoms with Crippen LogP contribution in [0.3, 0.4) is 0 Å². The summed E-state index contributed by atoms with van der Waals surface area (Å²) >= 11 is 0. The number of hydrogen-bond donors (Lipinski definition) is 1. The van der Waals surface area contributed by atoms with Crippen molar-refractivity contribution in [3.8, 4) is 6.07 Å². The Labute approximate surface area is 85.3 Å². The average molecular weight is 214 g/mol. The predicted octanol–water partition coefficient (Wildman–Crippen LogP) is 2.92. The van der Waals surface area contributed by atoms with Crippen molar-refractivity contribution in [2.75, 3.05) is 5.32 Å². The Hall–Kier alpha value is -1.70. The highest BCUT2D eigenvalue weighted by atomic mass is 19.4. The van der Waals surface area contributed by atoms with Crippen LogP contribution < -0.4 is 5.32 Å². The summed E-state index contributed by atoms with van der Waals surface area (Å²) < 4.78 is 36.7. The molecule has 0 bridgehead atoms. The van der Waals surface area contributed by atoms with E-state index in [1.54, 1.807) is 12.1 Å². The Morgan fingerprint density at radius 1 is 1.33 bits per heavy atom. The van der Waals surface area contributed by atoms with Gasteiger partial charge in [0, 0.05) is 0 Å². The second-order valence-corrected chi connectivity index (χ2v) is 3.07. The van der Waals surface area contributed by atoms with Gasteiger partial charge in [0.25, 0.3) is 0 Å². The van der Waals surface area contributed by atoms with Crippen LogP contribution in [-0.2, 0) is 0 Å². The maximum absolute atomic E-state index is 12.2. The van der Waals surface area contributed by atoms with Crippen molar-refractivity contribution in [1.29, 1.82) is 5.26 Å². The Morgan fingerprint density at radius 2 is 1.93 bits per heavy atom. The van der Waals surface area contributed by atoms with E-state index in [0.717, 1.165) is 6.92 Å². The molecule has 0 radical (unpaired) electrons. The van der Waals surface area contributed by atoms with Crippen LogP contribution in [0, 0.1) is 11.3 Å². The van der Waals surface area contributed by atoms with E-state index in [1.807, 2.05) is 6.07 Å². The molecule has 1 aromatic carbocycles. The van der Waals surface area contributed by atoms with E-state index in [-0.39, 0.29) is 11.3 Å². The molecule has 0 spiro atoms. The van der Waals surface area contributed by atoms with Gasteiger partial charge in [0.1, 0.15) is 12.1 Å². The molecule has 1 rings (SSSR count). The van der Waals surface area contributed by atoms with Crippen LogP contribution in [0.2, 0.25) is 0 Å². The van der Waals surface area contributed by atoms with Crippen LogP contribution in [-0.4, -0.2) is 12.2 Å². The lowest BCUT2D eigenvalue weighted by atomic mass is 10.2. The molecule has 1 N–H and O–H groups in total. The maximum atomic E-state index is 12.2. The number of benzene rings is 1. The number of para-hydroxylation sites is 1. The van der Waals surface area contributed by atoms with E-state index in [0.29, 0.717) is 0 Å². The van der Waals surface area contributed by atoms with Gasteiger partial charge < -0.3 is 5.32 Å². The summed E-state index contributed by atoms with van der Waals surface area (Å²) in [7, 11) is 0. The molecule has 1 unspecified atom stereocenters. The van der Waals surface area contributed by atoms with Crippen molar-refractivity contribution in [2.45, 2.75) is 19.1 Å². The third kappa shape index (κ3) is 2.88. The number of hydrogen-bond acceptors (Lipinski definition) is 2. The van der Waals surface area contributed by atoms with Gasteiger partial charge in [0.15, 0.2) is 0 Å². The summed E-state index contributed by atoms with van der Waals surface area (Å²) in [5, 5.41) is 10.9. The Bertz CT molecular complexity index is 379. The van der Waals surface area contributed by atoms with Gasteiger partial charge in [-0.05, 0) is 19.1 Å². The molecule has 0 aliphatic rings. The number of nitrogens with zero attached hydrogens (tertiary/aromatic N) is 1. The van der Waals surface area contributed by atoms with Crippen molar-refractivity contribution < 1.29 is 13.2 Å². The first-order chi connectivity index (χ1) is 6.95. The van der Waals surface area contributed by atoms with Crippen LogP contribution >= 0.6 is 0 Å². The van der Waals surface area contributed by atoms with Gasteiger partial charge in [-0.25, -0.2) is 0 Å². The largest absolute Gasteiger partial charge is 0.408 e. The monoisotopic (exact) mass is 214 g/mol. The van der Waals surface area contributed by atoms with Crippen molar-refractivity contribution in [1.82, 2.24) is 0 Å². The molecule has 0 aliphatic carbocycles. The van der Waals surface area contributed by atoms with Crippen molar-refractivity contribution >= 4 is 5.69 Å².